The zero-order valence-electron chi connectivity index (χ0n) is 10.2. The SMILES string of the molecule is NC1CCCCC(=O)[C@@]2(C(=O)O)CCCN2C1=O. The van der Waals surface area contributed by atoms with E-state index in [0.29, 0.717) is 32.2 Å². The molecule has 1 unspecified atom stereocenters. The predicted octanol–water partition coefficient (Wildman–Crippen LogP) is -0.0974. The molecule has 2 rings (SSSR count). The highest BCUT2D eigenvalue weighted by atomic mass is 16.4. The van der Waals surface area contributed by atoms with Gasteiger partial charge >= 0.3 is 5.97 Å². The van der Waals surface area contributed by atoms with Crippen molar-refractivity contribution >= 4 is 17.7 Å². The Morgan fingerprint density at radius 3 is 2.72 bits per heavy atom. The van der Waals surface area contributed by atoms with Crippen molar-refractivity contribution in [2.75, 3.05) is 6.54 Å². The Morgan fingerprint density at radius 2 is 2.06 bits per heavy atom. The topological polar surface area (TPSA) is 101 Å². The van der Waals surface area contributed by atoms with Gasteiger partial charge in [0, 0.05) is 13.0 Å². The van der Waals surface area contributed by atoms with Crippen LogP contribution in [0.2, 0.25) is 0 Å². The molecular weight excluding hydrogens is 236 g/mol. The summed E-state index contributed by atoms with van der Waals surface area (Å²) in [6.45, 7) is 0.310. The average Bonchev–Trinajstić information content (AvgIpc) is 2.78. The van der Waals surface area contributed by atoms with Crippen molar-refractivity contribution < 1.29 is 19.5 Å². The van der Waals surface area contributed by atoms with Crippen molar-refractivity contribution in [3.63, 3.8) is 0 Å². The smallest absolute Gasteiger partial charge is 0.337 e. The van der Waals surface area contributed by atoms with Gasteiger partial charge in [0.05, 0.1) is 6.04 Å². The van der Waals surface area contributed by atoms with Gasteiger partial charge < -0.3 is 15.7 Å². The monoisotopic (exact) mass is 254 g/mol. The number of nitrogens with two attached hydrogens (primary N) is 1. The summed E-state index contributed by atoms with van der Waals surface area (Å²) in [5, 5.41) is 9.43. The highest BCUT2D eigenvalue weighted by Gasteiger charge is 2.55. The molecule has 2 heterocycles. The number of aliphatic carboxylic acids is 1. The Kier molecular flexibility index (Phi) is 3.38. The van der Waals surface area contributed by atoms with Crippen molar-refractivity contribution in [1.29, 1.82) is 0 Å². The van der Waals surface area contributed by atoms with Crippen LogP contribution in [0.4, 0.5) is 0 Å². The van der Waals surface area contributed by atoms with E-state index in [4.69, 9.17) is 5.73 Å². The zero-order valence-corrected chi connectivity index (χ0v) is 10.2. The van der Waals surface area contributed by atoms with E-state index in [1.54, 1.807) is 0 Å². The maximum atomic E-state index is 12.2. The third-order valence-corrected chi connectivity index (χ3v) is 3.95. The van der Waals surface area contributed by atoms with Crippen LogP contribution in [0.25, 0.3) is 0 Å². The van der Waals surface area contributed by atoms with Crippen molar-refractivity contribution in [3.8, 4) is 0 Å². The maximum Gasteiger partial charge on any atom is 0.337 e. The van der Waals surface area contributed by atoms with Gasteiger partial charge in [-0.3, -0.25) is 9.59 Å². The molecule has 0 bridgehead atoms. The Bertz CT molecular complexity index is 396. The number of carboxylic acids is 1. The van der Waals surface area contributed by atoms with Gasteiger partial charge in [0.1, 0.15) is 0 Å². The van der Waals surface area contributed by atoms with Gasteiger partial charge in [-0.15, -0.1) is 0 Å². The molecule has 100 valence electrons. The van der Waals surface area contributed by atoms with Crippen LogP contribution < -0.4 is 5.73 Å². The van der Waals surface area contributed by atoms with Crippen molar-refractivity contribution in [2.45, 2.75) is 50.1 Å². The molecule has 0 aromatic rings. The van der Waals surface area contributed by atoms with Crippen molar-refractivity contribution in [3.05, 3.63) is 0 Å². The molecule has 6 nitrogen and oxygen atoms in total. The number of carbonyl (C=O) groups excluding carboxylic acids is 2. The Morgan fingerprint density at radius 1 is 1.33 bits per heavy atom. The first kappa shape index (κ1) is 13.0. The predicted molar refractivity (Wildman–Crippen MR) is 62.8 cm³/mol. The minimum Gasteiger partial charge on any atom is -0.479 e. The molecule has 0 radical (unpaired) electrons. The molecule has 2 saturated heterocycles. The molecule has 2 atom stereocenters. The van der Waals surface area contributed by atoms with Crippen molar-refractivity contribution in [2.24, 2.45) is 5.73 Å². The first-order valence-corrected chi connectivity index (χ1v) is 6.34. The number of nitrogens with zero attached hydrogens (tertiary/aromatic N) is 1. The number of Topliss-reactive ketones (excluding diaryl/α,β-unsaturated/α-hetero) is 1. The zero-order chi connectivity index (χ0) is 13.3. The standard InChI is InChI=1S/C12H18N2O4/c13-8-4-1-2-5-9(15)12(11(17)18)6-3-7-14(12)10(8)16/h8H,1-7,13H2,(H,17,18)/t8?,12-/m1/s1. The third-order valence-electron chi connectivity index (χ3n) is 3.95. The first-order chi connectivity index (χ1) is 8.50. The summed E-state index contributed by atoms with van der Waals surface area (Å²) in [7, 11) is 0. The van der Waals surface area contributed by atoms with Gasteiger partial charge in [-0.25, -0.2) is 4.79 Å². The van der Waals surface area contributed by atoms with Gasteiger partial charge in [0.2, 0.25) is 5.91 Å². The molecule has 6 heteroatoms. The van der Waals surface area contributed by atoms with Crippen LogP contribution in [0.15, 0.2) is 0 Å². The fourth-order valence-electron chi connectivity index (χ4n) is 2.93. The fourth-order valence-corrected chi connectivity index (χ4v) is 2.93. The van der Waals surface area contributed by atoms with E-state index in [0.717, 1.165) is 0 Å². The van der Waals surface area contributed by atoms with Crippen LogP contribution in [0.5, 0.6) is 0 Å². The van der Waals surface area contributed by atoms with Gasteiger partial charge in [0.25, 0.3) is 0 Å². The summed E-state index contributed by atoms with van der Waals surface area (Å²) in [6.07, 6.45) is 2.75. The lowest BCUT2D eigenvalue weighted by molar-refractivity contribution is -0.162. The molecule has 0 aromatic carbocycles. The van der Waals surface area contributed by atoms with Crippen LogP contribution in [-0.4, -0.2) is 45.8 Å². The normalized spacial score (nSPS) is 33.6. The average molecular weight is 254 g/mol. The maximum absolute atomic E-state index is 12.2. The summed E-state index contributed by atoms with van der Waals surface area (Å²) >= 11 is 0. The molecule has 0 saturated carbocycles. The Balaban J connectivity index is 2.43. The molecule has 0 aromatic heterocycles. The summed E-state index contributed by atoms with van der Waals surface area (Å²) < 4.78 is 0. The number of amides is 1. The number of carbonyl (C=O) groups is 3. The fraction of sp³-hybridized carbons (Fsp3) is 0.750. The summed E-state index contributed by atoms with van der Waals surface area (Å²) in [5.74, 6) is -1.97. The van der Waals surface area contributed by atoms with Crippen LogP contribution in [-0.2, 0) is 14.4 Å². The van der Waals surface area contributed by atoms with Gasteiger partial charge in [-0.1, -0.05) is 6.42 Å². The number of rotatable bonds is 1. The van der Waals surface area contributed by atoms with E-state index < -0.39 is 23.5 Å². The van der Waals surface area contributed by atoms with Crippen molar-refractivity contribution in [1.82, 2.24) is 4.90 Å². The van der Waals surface area contributed by atoms with E-state index >= 15 is 0 Å². The van der Waals surface area contributed by atoms with Crippen LogP contribution in [0, 0.1) is 0 Å². The molecule has 18 heavy (non-hydrogen) atoms. The quantitative estimate of drug-likeness (QED) is 0.636. The van der Waals surface area contributed by atoms with Crippen LogP contribution in [0.3, 0.4) is 0 Å². The van der Waals surface area contributed by atoms with Gasteiger partial charge in [-0.05, 0) is 25.7 Å². The summed E-state index contributed by atoms with van der Waals surface area (Å²) in [6, 6.07) is -0.687. The highest BCUT2D eigenvalue weighted by Crippen LogP contribution is 2.34. The minimum absolute atomic E-state index is 0.208. The second-order valence-electron chi connectivity index (χ2n) is 5.03. The molecular formula is C12H18N2O4. The molecule has 0 aliphatic carbocycles. The molecule has 1 amide bonds. The van der Waals surface area contributed by atoms with E-state index in [1.807, 2.05) is 0 Å². The van der Waals surface area contributed by atoms with E-state index in [2.05, 4.69) is 0 Å². The second kappa shape index (κ2) is 4.68. The lowest BCUT2D eigenvalue weighted by Gasteiger charge is -2.34. The van der Waals surface area contributed by atoms with E-state index in [-0.39, 0.29) is 18.6 Å². The van der Waals surface area contributed by atoms with Crippen LogP contribution >= 0.6 is 0 Å². The second-order valence-corrected chi connectivity index (χ2v) is 5.03. The number of ketones is 1. The van der Waals surface area contributed by atoms with Gasteiger partial charge in [0.15, 0.2) is 11.3 Å². The number of hydrogen-bond acceptors (Lipinski definition) is 4. The molecule has 2 fully saturated rings. The van der Waals surface area contributed by atoms with E-state index in [9.17, 15) is 19.5 Å². The molecule has 2 aliphatic heterocycles. The molecule has 3 N–H and O–H groups in total. The Labute approximate surface area is 105 Å². The molecule has 0 spiro atoms. The molecule has 2 aliphatic rings. The van der Waals surface area contributed by atoms with Gasteiger partial charge in [-0.2, -0.15) is 0 Å². The number of hydrogen-bond donors (Lipinski definition) is 2. The summed E-state index contributed by atoms with van der Waals surface area (Å²) in [5.41, 5.74) is 4.13. The third kappa shape index (κ3) is 1.80. The van der Waals surface area contributed by atoms with Crippen LogP contribution in [0.1, 0.15) is 38.5 Å². The summed E-state index contributed by atoms with van der Waals surface area (Å²) in [4.78, 5) is 37.1. The number of carboxylic acid groups (broad SMARTS) is 1. The lowest BCUT2D eigenvalue weighted by Crippen LogP contribution is -2.61. The first-order valence-electron chi connectivity index (χ1n) is 6.34. The Hall–Kier alpha value is -1.43. The minimum atomic E-state index is -1.65. The number of fused-ring (bicyclic) bond motifs is 1. The highest BCUT2D eigenvalue weighted by molar-refractivity contribution is 6.11. The lowest BCUT2D eigenvalue weighted by atomic mass is 9.88. The largest absolute Gasteiger partial charge is 0.479 e. The van der Waals surface area contributed by atoms with E-state index in [1.165, 1.54) is 4.90 Å².